The van der Waals surface area contributed by atoms with Crippen LogP contribution in [0, 0.1) is 26.0 Å². The Balaban J connectivity index is 1.77. The molecule has 166 valence electrons. The van der Waals surface area contributed by atoms with Crippen molar-refractivity contribution >= 4 is 21.9 Å². The molecule has 0 spiro atoms. The molecule has 0 aliphatic heterocycles. The third kappa shape index (κ3) is 4.06. The predicted octanol–water partition coefficient (Wildman–Crippen LogP) is 8.83. The van der Waals surface area contributed by atoms with Gasteiger partial charge in [0.1, 0.15) is 11.2 Å². The van der Waals surface area contributed by atoms with Crippen molar-refractivity contribution in [3.8, 4) is 22.4 Å². The Labute approximate surface area is 211 Å². The molecule has 0 atom stereocenters. The van der Waals surface area contributed by atoms with Crippen LogP contribution in [0.15, 0.2) is 71.3 Å². The minimum absolute atomic E-state index is 0.127. The zero-order valence-electron chi connectivity index (χ0n) is 29.7. The summed E-state index contributed by atoms with van der Waals surface area (Å²) in [7, 11) is 0. The van der Waals surface area contributed by atoms with Crippen molar-refractivity contribution in [3.63, 3.8) is 0 Å². The van der Waals surface area contributed by atoms with Crippen molar-refractivity contribution in [2.45, 2.75) is 47.7 Å². The van der Waals surface area contributed by atoms with Gasteiger partial charge in [0.15, 0.2) is 0 Å². The van der Waals surface area contributed by atoms with Gasteiger partial charge in [-0.05, 0) is 84.4 Å². The summed E-state index contributed by atoms with van der Waals surface area (Å²) in [5, 5.41) is 1.24. The lowest BCUT2D eigenvalue weighted by Gasteiger charge is -2.19. The molecule has 0 N–H and O–H groups in total. The van der Waals surface area contributed by atoms with E-state index in [1.54, 1.807) is 51.1 Å². The average Bonchev–Trinajstić information content (AvgIpc) is 3.28. The number of aromatic nitrogens is 1. The van der Waals surface area contributed by atoms with Crippen LogP contribution in [0.4, 0.5) is 0 Å². The third-order valence-corrected chi connectivity index (χ3v) is 5.51. The molecule has 33 heavy (non-hydrogen) atoms. The highest BCUT2D eigenvalue weighted by Gasteiger charge is 2.16. The van der Waals surface area contributed by atoms with Crippen molar-refractivity contribution in [2.75, 3.05) is 0 Å². The number of nitrogens with zero attached hydrogens (tertiary/aromatic N) is 1. The molecule has 0 bridgehead atoms. The Morgan fingerprint density at radius 3 is 2.52 bits per heavy atom. The molecule has 2 heterocycles. The summed E-state index contributed by atoms with van der Waals surface area (Å²) < 4.78 is 96.4. The van der Waals surface area contributed by atoms with Crippen molar-refractivity contribution < 1.29 is 19.5 Å². The van der Waals surface area contributed by atoms with E-state index in [4.69, 9.17) is 19.5 Å². The highest BCUT2D eigenvalue weighted by Crippen LogP contribution is 2.37. The van der Waals surface area contributed by atoms with E-state index in [0.29, 0.717) is 33.2 Å². The molecule has 5 aromatic rings. The smallest absolute Gasteiger partial charge is 0.144 e. The van der Waals surface area contributed by atoms with E-state index in [1.807, 2.05) is 0 Å². The van der Waals surface area contributed by atoms with Gasteiger partial charge in [0.05, 0.1) is 5.69 Å². The van der Waals surface area contributed by atoms with Crippen LogP contribution in [-0.4, -0.2) is 4.98 Å². The predicted molar refractivity (Wildman–Crippen MR) is 140 cm³/mol. The SMILES string of the molecule is [2H]C([2H])([2H])c1ccc2oc3c(-c4cc(-c5ccc(C([2H])([2H])C(C)(C)C)cc5C([2H])([2H])[2H])c(C([2H])([2H])[2H])cn4)cccc3c2c1. The Morgan fingerprint density at radius 2 is 1.73 bits per heavy atom. The molecule has 0 amide bonds. The van der Waals surface area contributed by atoms with E-state index in [1.165, 1.54) is 36.5 Å². The van der Waals surface area contributed by atoms with E-state index in [-0.39, 0.29) is 33.4 Å². The summed E-state index contributed by atoms with van der Waals surface area (Å²) in [6.07, 6.45) is -0.671. The molecule has 0 unspecified atom stereocenters. The topological polar surface area (TPSA) is 26.0 Å². The molecule has 5 rings (SSSR count). The van der Waals surface area contributed by atoms with Gasteiger partial charge in [-0.2, -0.15) is 0 Å². The van der Waals surface area contributed by atoms with Crippen LogP contribution in [0.25, 0.3) is 44.3 Å². The van der Waals surface area contributed by atoms with Crippen LogP contribution in [0.1, 0.15) is 58.1 Å². The first-order valence-electron chi connectivity index (χ1n) is 16.2. The Kier molecular flexibility index (Phi) is 2.91. The molecular formula is C31H31NO. The number of benzene rings is 3. The molecule has 0 radical (unpaired) electrons. The molecule has 0 saturated heterocycles. The van der Waals surface area contributed by atoms with Crippen molar-refractivity contribution in [2.24, 2.45) is 5.41 Å². The van der Waals surface area contributed by atoms with Gasteiger partial charge in [-0.25, -0.2) is 0 Å². The van der Waals surface area contributed by atoms with Crippen LogP contribution in [0.3, 0.4) is 0 Å². The van der Waals surface area contributed by atoms with Crippen LogP contribution in [0.2, 0.25) is 0 Å². The average molecular weight is 445 g/mol. The molecule has 0 aliphatic rings. The van der Waals surface area contributed by atoms with Gasteiger partial charge < -0.3 is 4.42 Å². The zero-order chi connectivity index (χ0) is 32.6. The Morgan fingerprint density at radius 1 is 0.848 bits per heavy atom. The molecule has 2 heteroatoms. The summed E-state index contributed by atoms with van der Waals surface area (Å²) >= 11 is 0. The molecular weight excluding hydrogens is 402 g/mol. The molecule has 2 nitrogen and oxygen atoms in total. The van der Waals surface area contributed by atoms with Crippen LogP contribution < -0.4 is 0 Å². The van der Waals surface area contributed by atoms with Crippen LogP contribution >= 0.6 is 0 Å². The fourth-order valence-corrected chi connectivity index (χ4v) is 4.12. The molecule has 0 saturated carbocycles. The Hall–Kier alpha value is -3.39. The van der Waals surface area contributed by atoms with Gasteiger partial charge in [0.25, 0.3) is 0 Å². The number of para-hydroxylation sites is 1. The number of pyridine rings is 1. The number of fused-ring (bicyclic) bond motifs is 3. The quantitative estimate of drug-likeness (QED) is 0.278. The van der Waals surface area contributed by atoms with E-state index in [2.05, 4.69) is 4.98 Å². The standard InChI is InChI=1S/C31H31NO/c1-19-10-13-29-27(14-19)24-8-7-9-25(30(24)33-29)28-16-26(21(3)18-32-28)23-12-11-22(15-20(23)2)17-31(4,5)6/h7-16,18H,17H2,1-6H3/i1D3,2D3,3D3,17D2. The van der Waals surface area contributed by atoms with Gasteiger partial charge in [-0.3, -0.25) is 4.98 Å². The van der Waals surface area contributed by atoms with E-state index >= 15 is 0 Å². The number of hydrogen-bond donors (Lipinski definition) is 0. The fourth-order valence-electron chi connectivity index (χ4n) is 4.12. The maximum absolute atomic E-state index is 8.69. The van der Waals surface area contributed by atoms with E-state index in [0.717, 1.165) is 0 Å². The highest BCUT2D eigenvalue weighted by molar-refractivity contribution is 6.09. The van der Waals surface area contributed by atoms with E-state index < -0.39 is 32.3 Å². The van der Waals surface area contributed by atoms with Gasteiger partial charge in [-0.1, -0.05) is 62.7 Å². The highest BCUT2D eigenvalue weighted by atomic mass is 16.3. The van der Waals surface area contributed by atoms with Crippen molar-refractivity contribution in [1.29, 1.82) is 0 Å². The fraction of sp³-hybridized carbons (Fsp3) is 0.258. The first kappa shape index (κ1) is 12.2. The lowest BCUT2D eigenvalue weighted by atomic mass is 9.86. The second-order valence-electron chi connectivity index (χ2n) is 9.25. The minimum Gasteiger partial charge on any atom is -0.455 e. The normalized spacial score (nSPS) is 18.6. The monoisotopic (exact) mass is 444 g/mol. The van der Waals surface area contributed by atoms with Crippen LogP contribution in [0.5, 0.6) is 0 Å². The minimum atomic E-state index is -2.69. The molecule has 2 aromatic heterocycles. The van der Waals surface area contributed by atoms with Gasteiger partial charge in [0.2, 0.25) is 0 Å². The number of rotatable bonds is 3. The second-order valence-corrected chi connectivity index (χ2v) is 9.25. The largest absolute Gasteiger partial charge is 0.455 e. The van der Waals surface area contributed by atoms with Crippen molar-refractivity contribution in [3.05, 3.63) is 89.1 Å². The maximum Gasteiger partial charge on any atom is 0.144 e. The zero-order valence-corrected chi connectivity index (χ0v) is 18.7. The third-order valence-electron chi connectivity index (χ3n) is 5.51. The first-order chi connectivity index (χ1) is 20.1. The molecule has 0 fully saturated rings. The summed E-state index contributed by atoms with van der Waals surface area (Å²) in [5.41, 5.74) is 1.12. The second kappa shape index (κ2) is 7.88. The summed E-state index contributed by atoms with van der Waals surface area (Å²) in [6, 6.07) is 15.7. The van der Waals surface area contributed by atoms with Crippen LogP contribution in [-0.2, 0) is 6.37 Å². The maximum atomic E-state index is 8.69. The first-order valence-corrected chi connectivity index (χ1v) is 10.7. The van der Waals surface area contributed by atoms with Crippen molar-refractivity contribution in [1.82, 2.24) is 4.98 Å². The number of aryl methyl sites for hydroxylation is 3. The lowest BCUT2D eigenvalue weighted by Crippen LogP contribution is -2.09. The number of furan rings is 1. The Bertz CT molecular complexity index is 1890. The van der Waals surface area contributed by atoms with Gasteiger partial charge in [-0.15, -0.1) is 0 Å². The molecule has 3 aromatic carbocycles. The lowest BCUT2D eigenvalue weighted by molar-refractivity contribution is 0.411. The number of hydrogen-bond acceptors (Lipinski definition) is 2. The van der Waals surface area contributed by atoms with Gasteiger partial charge >= 0.3 is 0 Å². The summed E-state index contributed by atoms with van der Waals surface area (Å²) in [5.74, 6) is 0. The molecule has 0 aliphatic carbocycles. The summed E-state index contributed by atoms with van der Waals surface area (Å²) in [6.45, 7) is -2.46. The van der Waals surface area contributed by atoms with E-state index in [9.17, 15) is 0 Å². The summed E-state index contributed by atoms with van der Waals surface area (Å²) in [4.78, 5) is 4.45. The van der Waals surface area contributed by atoms with Gasteiger partial charge in [0, 0.05) is 37.6 Å².